The van der Waals surface area contributed by atoms with Crippen LogP contribution >= 0.6 is 11.6 Å². The van der Waals surface area contributed by atoms with Crippen molar-refractivity contribution in [3.8, 4) is 0 Å². The molecule has 0 saturated carbocycles. The van der Waals surface area contributed by atoms with E-state index in [0.717, 1.165) is 36.4 Å². The summed E-state index contributed by atoms with van der Waals surface area (Å²) in [6.45, 7) is 3.85. The normalized spacial score (nSPS) is 18.2. The molecule has 1 atom stereocenters. The Morgan fingerprint density at radius 3 is 2.79 bits per heavy atom. The Kier molecular flexibility index (Phi) is 4.31. The maximum atomic E-state index is 12.8. The first kappa shape index (κ1) is 17.6. The predicted octanol–water partition coefficient (Wildman–Crippen LogP) is 5.34. The molecule has 2 aromatic carbocycles. The molecule has 4 nitrogen and oxygen atoms in total. The summed E-state index contributed by atoms with van der Waals surface area (Å²) in [6.07, 6.45) is 2.72. The second-order valence-corrected chi connectivity index (χ2v) is 7.97. The van der Waals surface area contributed by atoms with Crippen molar-refractivity contribution in [2.75, 3.05) is 13.2 Å². The molecule has 28 heavy (non-hydrogen) atoms. The molecule has 0 radical (unpaired) electrons. The van der Waals surface area contributed by atoms with Crippen LogP contribution in [0.4, 0.5) is 4.79 Å². The minimum atomic E-state index is -0.242. The van der Waals surface area contributed by atoms with Crippen LogP contribution in [0.3, 0.4) is 0 Å². The number of amides is 1. The van der Waals surface area contributed by atoms with Crippen LogP contribution in [0.5, 0.6) is 0 Å². The number of aryl methyl sites for hydroxylation is 2. The van der Waals surface area contributed by atoms with E-state index in [0.29, 0.717) is 13.2 Å². The Hall–Kier alpha value is -2.46. The molecule has 5 heteroatoms. The molecule has 0 aliphatic carbocycles. The van der Waals surface area contributed by atoms with Crippen molar-refractivity contribution >= 4 is 28.6 Å². The summed E-state index contributed by atoms with van der Waals surface area (Å²) < 4.78 is 7.84. The van der Waals surface area contributed by atoms with Crippen molar-refractivity contribution in [1.29, 1.82) is 0 Å². The number of carbonyl (C=O) groups is 1. The number of rotatable bonds is 2. The third-order valence-electron chi connectivity index (χ3n) is 5.97. The lowest BCUT2D eigenvalue weighted by Crippen LogP contribution is -2.41. The van der Waals surface area contributed by atoms with Gasteiger partial charge in [-0.15, -0.1) is 0 Å². The number of ether oxygens (including phenoxy) is 1. The van der Waals surface area contributed by atoms with Gasteiger partial charge in [0, 0.05) is 29.2 Å². The minimum Gasteiger partial charge on any atom is -0.450 e. The van der Waals surface area contributed by atoms with Crippen LogP contribution in [0.15, 0.2) is 42.5 Å². The highest BCUT2D eigenvalue weighted by molar-refractivity contribution is 6.31. The van der Waals surface area contributed by atoms with Gasteiger partial charge >= 0.3 is 6.09 Å². The van der Waals surface area contributed by atoms with Gasteiger partial charge in [-0.2, -0.15) is 0 Å². The molecule has 0 bridgehead atoms. The lowest BCUT2D eigenvalue weighted by Gasteiger charge is -2.37. The van der Waals surface area contributed by atoms with Crippen molar-refractivity contribution in [3.05, 3.63) is 69.9 Å². The zero-order valence-electron chi connectivity index (χ0n) is 16.0. The average molecular weight is 395 g/mol. The molecule has 144 valence electrons. The number of carbonyl (C=O) groups excluding carboxylic acids is 1. The van der Waals surface area contributed by atoms with Gasteiger partial charge in [0.05, 0.1) is 12.1 Å². The fourth-order valence-electron chi connectivity index (χ4n) is 4.94. The lowest BCUT2D eigenvalue weighted by atomic mass is 9.92. The molecule has 1 unspecified atom stereocenters. The Morgan fingerprint density at radius 2 is 2.00 bits per heavy atom. The van der Waals surface area contributed by atoms with Crippen LogP contribution in [-0.4, -0.2) is 28.7 Å². The van der Waals surface area contributed by atoms with Gasteiger partial charge < -0.3 is 9.30 Å². The van der Waals surface area contributed by atoms with E-state index >= 15 is 0 Å². The third-order valence-corrected chi connectivity index (χ3v) is 6.19. The van der Waals surface area contributed by atoms with Crippen LogP contribution in [0.1, 0.15) is 41.8 Å². The standard InChI is InChI=1S/C23H23ClN2O2/c1-2-28-23(27)26-12-10-18-19-14-17(24)13-16-9-6-11-25(20(16)19)22(18)21(26)15-7-4-3-5-8-15/h3-5,7-8,13-14,21H,2,6,9-12H2,1H3. The second kappa shape index (κ2) is 6.85. The number of halogens is 1. The number of fused-ring (bicyclic) bond motifs is 3. The first-order valence-electron chi connectivity index (χ1n) is 10.0. The number of benzene rings is 2. The molecule has 2 aliphatic rings. The van der Waals surface area contributed by atoms with Crippen molar-refractivity contribution in [2.24, 2.45) is 0 Å². The van der Waals surface area contributed by atoms with E-state index < -0.39 is 0 Å². The Bertz CT molecular complexity index is 1060. The molecule has 1 amide bonds. The van der Waals surface area contributed by atoms with Crippen molar-refractivity contribution in [2.45, 2.75) is 38.8 Å². The van der Waals surface area contributed by atoms with Gasteiger partial charge in [-0.05, 0) is 55.0 Å². The van der Waals surface area contributed by atoms with E-state index in [4.69, 9.17) is 16.3 Å². The molecular weight excluding hydrogens is 372 g/mol. The van der Waals surface area contributed by atoms with Gasteiger partial charge in [-0.1, -0.05) is 41.9 Å². The highest BCUT2D eigenvalue weighted by atomic mass is 35.5. The fourth-order valence-corrected chi connectivity index (χ4v) is 5.18. The predicted molar refractivity (Wildman–Crippen MR) is 111 cm³/mol. The third kappa shape index (κ3) is 2.62. The number of hydrogen-bond donors (Lipinski definition) is 0. The van der Waals surface area contributed by atoms with E-state index in [2.05, 4.69) is 28.8 Å². The van der Waals surface area contributed by atoms with Gasteiger partial charge in [0.1, 0.15) is 6.04 Å². The number of hydrogen-bond acceptors (Lipinski definition) is 2. The van der Waals surface area contributed by atoms with Crippen LogP contribution in [0, 0.1) is 0 Å². The number of nitrogens with zero attached hydrogens (tertiary/aromatic N) is 2. The summed E-state index contributed by atoms with van der Waals surface area (Å²) in [7, 11) is 0. The summed E-state index contributed by atoms with van der Waals surface area (Å²) in [5.41, 5.74) is 6.29. The van der Waals surface area contributed by atoms with E-state index in [9.17, 15) is 4.79 Å². The first-order chi connectivity index (χ1) is 13.7. The molecule has 0 spiro atoms. The second-order valence-electron chi connectivity index (χ2n) is 7.54. The molecule has 3 aromatic rings. The van der Waals surface area contributed by atoms with E-state index in [1.165, 1.54) is 27.7 Å². The summed E-state index contributed by atoms with van der Waals surface area (Å²) in [5, 5.41) is 2.05. The molecular formula is C23H23ClN2O2. The van der Waals surface area contributed by atoms with Crippen LogP contribution < -0.4 is 0 Å². The van der Waals surface area contributed by atoms with Crippen LogP contribution in [0.25, 0.3) is 10.9 Å². The van der Waals surface area contributed by atoms with E-state index in [1.807, 2.05) is 30.0 Å². The first-order valence-corrected chi connectivity index (χ1v) is 10.4. The Morgan fingerprint density at radius 1 is 1.18 bits per heavy atom. The molecule has 5 rings (SSSR count). The van der Waals surface area contributed by atoms with Crippen molar-refractivity contribution in [3.63, 3.8) is 0 Å². The molecule has 3 heterocycles. The fraction of sp³-hybridized carbons (Fsp3) is 0.348. The summed E-state index contributed by atoms with van der Waals surface area (Å²) in [4.78, 5) is 14.7. The Balaban J connectivity index is 1.78. The van der Waals surface area contributed by atoms with Crippen molar-refractivity contribution < 1.29 is 9.53 Å². The van der Waals surface area contributed by atoms with Crippen molar-refractivity contribution in [1.82, 2.24) is 9.47 Å². The maximum Gasteiger partial charge on any atom is 0.410 e. The average Bonchev–Trinajstić information content (AvgIpc) is 3.03. The van der Waals surface area contributed by atoms with E-state index in [1.54, 1.807) is 0 Å². The van der Waals surface area contributed by atoms with Gasteiger partial charge in [0.25, 0.3) is 0 Å². The molecule has 0 fully saturated rings. The monoisotopic (exact) mass is 394 g/mol. The SMILES string of the molecule is CCOC(=O)N1CCc2c(n3c4c(cc(Cl)cc24)CCC3)C1c1ccccc1. The zero-order chi connectivity index (χ0) is 19.3. The quantitative estimate of drug-likeness (QED) is 0.587. The van der Waals surface area contributed by atoms with Gasteiger partial charge in [-0.3, -0.25) is 4.90 Å². The summed E-state index contributed by atoms with van der Waals surface area (Å²) >= 11 is 6.46. The maximum absolute atomic E-state index is 12.8. The van der Waals surface area contributed by atoms with E-state index in [-0.39, 0.29) is 12.1 Å². The summed E-state index contributed by atoms with van der Waals surface area (Å²) in [6, 6.07) is 14.4. The summed E-state index contributed by atoms with van der Waals surface area (Å²) in [5.74, 6) is 0. The van der Waals surface area contributed by atoms with Crippen LogP contribution in [-0.2, 0) is 24.1 Å². The molecule has 2 aliphatic heterocycles. The molecule has 0 N–H and O–H groups in total. The number of aromatic nitrogens is 1. The Labute approximate surface area is 169 Å². The smallest absolute Gasteiger partial charge is 0.410 e. The lowest BCUT2D eigenvalue weighted by molar-refractivity contribution is 0.0923. The topological polar surface area (TPSA) is 34.5 Å². The zero-order valence-corrected chi connectivity index (χ0v) is 16.7. The van der Waals surface area contributed by atoms with Gasteiger partial charge in [-0.25, -0.2) is 4.79 Å². The van der Waals surface area contributed by atoms with Gasteiger partial charge in [0.15, 0.2) is 0 Å². The molecule has 0 saturated heterocycles. The minimum absolute atomic E-state index is 0.138. The van der Waals surface area contributed by atoms with Gasteiger partial charge in [0.2, 0.25) is 0 Å². The largest absolute Gasteiger partial charge is 0.450 e. The highest BCUT2D eigenvalue weighted by Gasteiger charge is 2.38. The highest BCUT2D eigenvalue weighted by Crippen LogP contribution is 2.44. The molecule has 1 aromatic heterocycles. The van der Waals surface area contributed by atoms with Crippen LogP contribution in [0.2, 0.25) is 5.02 Å².